The minimum absolute atomic E-state index is 0.388. The molecule has 0 N–H and O–H groups in total. The van der Waals surface area contributed by atoms with Gasteiger partial charge >= 0.3 is 0 Å². The molecule has 2 nitrogen and oxygen atoms in total. The van der Waals surface area contributed by atoms with Crippen molar-refractivity contribution in [3.05, 3.63) is 0 Å². The third kappa shape index (κ3) is 0.787. The normalized spacial score (nSPS) is 38.5. The van der Waals surface area contributed by atoms with Crippen LogP contribution in [0.25, 0.3) is 0 Å². The number of hydrogen-bond acceptors (Lipinski definition) is 2. The Morgan fingerprint density at radius 2 is 2.27 bits per heavy atom. The molecule has 0 aromatic carbocycles. The van der Waals surface area contributed by atoms with E-state index >= 15 is 0 Å². The van der Waals surface area contributed by atoms with E-state index in [0.29, 0.717) is 17.3 Å². The predicted molar refractivity (Wildman–Crippen MR) is 45.5 cm³/mol. The zero-order valence-corrected chi connectivity index (χ0v) is 7.17. The Labute approximate surface area is 68.4 Å². The van der Waals surface area contributed by atoms with E-state index in [2.05, 4.69) is 20.0 Å². The molecular formula is C8H13BN2. The van der Waals surface area contributed by atoms with E-state index < -0.39 is 0 Å². The Hall–Kier alpha value is -0.645. The molecule has 2 atom stereocenters. The molecule has 0 aromatic heterocycles. The van der Waals surface area contributed by atoms with Crippen LogP contribution in [0.5, 0.6) is 0 Å². The molecule has 2 fully saturated rings. The van der Waals surface area contributed by atoms with Gasteiger partial charge in [-0.2, -0.15) is 5.26 Å². The first-order chi connectivity index (χ1) is 5.15. The Morgan fingerprint density at radius 1 is 1.55 bits per heavy atom. The van der Waals surface area contributed by atoms with Crippen LogP contribution in [0.15, 0.2) is 0 Å². The smallest absolute Gasteiger partial charge is 0.179 e. The fourth-order valence-electron chi connectivity index (χ4n) is 2.75. The lowest BCUT2D eigenvalue weighted by Gasteiger charge is -2.27. The van der Waals surface area contributed by atoms with E-state index in [9.17, 15) is 0 Å². The van der Waals surface area contributed by atoms with Gasteiger partial charge in [-0.1, -0.05) is 13.8 Å². The summed E-state index contributed by atoms with van der Waals surface area (Å²) in [5.74, 6) is 0.569. The van der Waals surface area contributed by atoms with E-state index in [0.717, 1.165) is 0 Å². The van der Waals surface area contributed by atoms with Crippen molar-refractivity contribution < 1.29 is 0 Å². The van der Waals surface area contributed by atoms with Crippen molar-refractivity contribution in [2.45, 2.75) is 44.0 Å². The van der Waals surface area contributed by atoms with Crippen LogP contribution in [0.3, 0.4) is 0 Å². The van der Waals surface area contributed by atoms with Crippen LogP contribution in [0.1, 0.15) is 26.7 Å². The molecule has 0 spiro atoms. The monoisotopic (exact) mass is 148 g/mol. The maximum Gasteiger partial charge on any atom is 0.179 e. The summed E-state index contributed by atoms with van der Waals surface area (Å²) in [6.07, 6.45) is 4.78. The largest absolute Gasteiger partial charge is 0.313 e. The molecule has 11 heavy (non-hydrogen) atoms. The quantitative estimate of drug-likeness (QED) is 0.377. The minimum atomic E-state index is 0.388. The summed E-state index contributed by atoms with van der Waals surface area (Å²) < 4.78 is 0. The molecule has 0 aromatic rings. The van der Waals surface area contributed by atoms with E-state index in [1.165, 1.54) is 20.1 Å². The summed E-state index contributed by atoms with van der Waals surface area (Å²) in [7, 11) is 1.21. The Balaban J connectivity index is 2.27. The summed E-state index contributed by atoms with van der Waals surface area (Å²) >= 11 is 0. The average Bonchev–Trinajstić information content (AvgIpc) is 2.39. The highest BCUT2D eigenvalue weighted by atomic mass is 15.2. The molecule has 58 valence electrons. The summed E-state index contributed by atoms with van der Waals surface area (Å²) in [4.78, 5) is 2.01. The molecule has 0 aliphatic carbocycles. The molecule has 0 saturated carbocycles. The fraction of sp³-hybridized carbons (Fsp3) is 0.875. The summed E-state index contributed by atoms with van der Waals surface area (Å²) in [5.41, 5.74) is 0. The van der Waals surface area contributed by atoms with Crippen molar-refractivity contribution >= 4 is 7.28 Å². The van der Waals surface area contributed by atoms with Crippen molar-refractivity contribution in [3.8, 4) is 6.19 Å². The van der Waals surface area contributed by atoms with Gasteiger partial charge in [-0.3, -0.25) is 0 Å². The van der Waals surface area contributed by atoms with Gasteiger partial charge in [0.15, 0.2) is 13.5 Å². The van der Waals surface area contributed by atoms with E-state index in [4.69, 9.17) is 5.26 Å². The number of nitrogens with zero attached hydrogens (tertiary/aromatic N) is 2. The second kappa shape index (κ2) is 1.94. The Morgan fingerprint density at radius 3 is 2.55 bits per heavy atom. The van der Waals surface area contributed by atoms with Crippen LogP contribution >= 0.6 is 0 Å². The molecule has 2 saturated heterocycles. The summed E-state index contributed by atoms with van der Waals surface area (Å²) in [6.45, 7) is 4.56. The van der Waals surface area contributed by atoms with Gasteiger partial charge in [-0.05, 0) is 18.2 Å². The maximum atomic E-state index is 8.86. The second-order valence-corrected chi connectivity index (χ2v) is 4.45. The van der Waals surface area contributed by atoms with Crippen molar-refractivity contribution in [1.29, 1.82) is 5.26 Å². The van der Waals surface area contributed by atoms with Crippen molar-refractivity contribution in [2.75, 3.05) is 0 Å². The molecule has 2 bridgehead atoms. The lowest BCUT2D eigenvalue weighted by molar-refractivity contribution is 0.325. The third-order valence-corrected chi connectivity index (χ3v) is 3.28. The highest BCUT2D eigenvalue weighted by Crippen LogP contribution is 2.48. The fourth-order valence-corrected chi connectivity index (χ4v) is 2.75. The number of nitriles is 1. The van der Waals surface area contributed by atoms with Gasteiger partial charge in [-0.25, -0.2) is 0 Å². The molecule has 2 aliphatic heterocycles. The van der Waals surface area contributed by atoms with E-state index in [1.807, 2.05) is 4.90 Å². The predicted octanol–water partition coefficient (Wildman–Crippen LogP) is 0.907. The average molecular weight is 148 g/mol. The summed E-state index contributed by atoms with van der Waals surface area (Å²) in [5, 5.41) is 9.24. The molecule has 2 aliphatic rings. The first-order valence-electron chi connectivity index (χ1n) is 4.33. The molecule has 3 heteroatoms. The minimum Gasteiger partial charge on any atom is -0.313 e. The van der Waals surface area contributed by atoms with Crippen molar-refractivity contribution in [2.24, 2.45) is 0 Å². The zero-order chi connectivity index (χ0) is 8.06. The van der Waals surface area contributed by atoms with Gasteiger partial charge < -0.3 is 4.90 Å². The van der Waals surface area contributed by atoms with Gasteiger partial charge in [0.2, 0.25) is 0 Å². The molecule has 2 rings (SSSR count). The van der Waals surface area contributed by atoms with Crippen LogP contribution in [0, 0.1) is 11.5 Å². The first kappa shape index (κ1) is 7.03. The van der Waals surface area contributed by atoms with Crippen LogP contribution < -0.4 is 0 Å². The lowest BCUT2D eigenvalue weighted by Crippen LogP contribution is -2.27. The number of hydrogen-bond donors (Lipinski definition) is 0. The third-order valence-electron chi connectivity index (χ3n) is 3.28. The topological polar surface area (TPSA) is 27.0 Å². The molecular weight excluding hydrogens is 135 g/mol. The van der Waals surface area contributed by atoms with Gasteiger partial charge in [-0.15, -0.1) is 0 Å². The highest BCUT2D eigenvalue weighted by Gasteiger charge is 2.51. The van der Waals surface area contributed by atoms with Gasteiger partial charge in [0.05, 0.1) is 0 Å². The zero-order valence-electron chi connectivity index (χ0n) is 7.17. The van der Waals surface area contributed by atoms with Crippen LogP contribution in [-0.4, -0.2) is 24.2 Å². The van der Waals surface area contributed by atoms with E-state index in [-0.39, 0.29) is 0 Å². The first-order valence-corrected chi connectivity index (χ1v) is 4.33. The standard InChI is InChI=1S/C8H13BN2/c1-8(2)6-3-4-7(9-8)11(6)5-10/h6-7,9H,3-4H2,1-2H3. The second-order valence-electron chi connectivity index (χ2n) is 4.45. The lowest BCUT2D eigenvalue weighted by atomic mass is 9.47. The highest BCUT2D eigenvalue weighted by molar-refractivity contribution is 6.44. The Bertz CT molecular complexity index is 219. The molecule has 0 radical (unpaired) electrons. The SMILES string of the molecule is CC1(C)BC2CCC1N2C#N. The summed E-state index contributed by atoms with van der Waals surface area (Å²) in [6, 6.07) is 0.539. The number of fused-ring (bicyclic) bond motifs is 2. The van der Waals surface area contributed by atoms with E-state index in [1.54, 1.807) is 0 Å². The van der Waals surface area contributed by atoms with Crippen LogP contribution in [-0.2, 0) is 0 Å². The molecule has 2 heterocycles. The van der Waals surface area contributed by atoms with Gasteiger partial charge in [0.1, 0.15) is 0 Å². The van der Waals surface area contributed by atoms with Crippen molar-refractivity contribution in [3.63, 3.8) is 0 Å². The maximum absolute atomic E-state index is 8.86. The van der Waals surface area contributed by atoms with Gasteiger partial charge in [0, 0.05) is 12.0 Å². The van der Waals surface area contributed by atoms with Gasteiger partial charge in [0.25, 0.3) is 0 Å². The molecule has 2 unspecified atom stereocenters. The Kier molecular flexibility index (Phi) is 1.24. The molecule has 0 amide bonds. The van der Waals surface area contributed by atoms with Crippen LogP contribution in [0.4, 0.5) is 0 Å². The number of rotatable bonds is 0. The van der Waals surface area contributed by atoms with Crippen LogP contribution in [0.2, 0.25) is 5.31 Å². The van der Waals surface area contributed by atoms with Crippen molar-refractivity contribution in [1.82, 2.24) is 4.90 Å².